The third-order valence-electron chi connectivity index (χ3n) is 3.39. The van der Waals surface area contributed by atoms with E-state index in [0.717, 1.165) is 30.5 Å². The maximum absolute atomic E-state index is 13.8. The summed E-state index contributed by atoms with van der Waals surface area (Å²) in [5.74, 6) is -1.37. The summed E-state index contributed by atoms with van der Waals surface area (Å²) in [5.41, 5.74) is 2.43. The molecule has 0 aliphatic heterocycles. The number of aryl methyl sites for hydroxylation is 1. The van der Waals surface area contributed by atoms with Crippen LogP contribution < -0.4 is 5.32 Å². The fourth-order valence-corrected chi connectivity index (χ4v) is 2.49. The average molecular weight is 310 g/mol. The molecule has 21 heavy (non-hydrogen) atoms. The SMILES string of the molecule is CCCc1ccc(C(C)Nc2c(F)cc(F)cc2Cl)cc1. The lowest BCUT2D eigenvalue weighted by atomic mass is 10.0. The van der Waals surface area contributed by atoms with Gasteiger partial charge in [0.05, 0.1) is 10.7 Å². The minimum absolute atomic E-state index is 0.0435. The van der Waals surface area contributed by atoms with Crippen LogP contribution in [-0.2, 0) is 6.42 Å². The van der Waals surface area contributed by atoms with Crippen LogP contribution in [0.4, 0.5) is 14.5 Å². The van der Waals surface area contributed by atoms with Gasteiger partial charge in [0.25, 0.3) is 0 Å². The monoisotopic (exact) mass is 309 g/mol. The summed E-state index contributed by atoms with van der Waals surface area (Å²) < 4.78 is 26.8. The lowest BCUT2D eigenvalue weighted by Gasteiger charge is -2.18. The Kier molecular flexibility index (Phi) is 5.18. The van der Waals surface area contributed by atoms with Gasteiger partial charge in [-0.3, -0.25) is 0 Å². The van der Waals surface area contributed by atoms with Crippen molar-refractivity contribution in [3.05, 3.63) is 64.2 Å². The first kappa shape index (κ1) is 15.8. The molecule has 2 aromatic carbocycles. The van der Waals surface area contributed by atoms with E-state index >= 15 is 0 Å². The van der Waals surface area contributed by atoms with E-state index in [1.165, 1.54) is 5.56 Å². The topological polar surface area (TPSA) is 12.0 Å². The van der Waals surface area contributed by atoms with Crippen molar-refractivity contribution in [3.63, 3.8) is 0 Å². The Morgan fingerprint density at radius 2 is 1.81 bits per heavy atom. The van der Waals surface area contributed by atoms with E-state index < -0.39 is 11.6 Å². The Balaban J connectivity index is 2.16. The van der Waals surface area contributed by atoms with Crippen LogP contribution in [-0.4, -0.2) is 0 Å². The first-order chi connectivity index (χ1) is 10.0. The maximum Gasteiger partial charge on any atom is 0.150 e. The predicted molar refractivity (Wildman–Crippen MR) is 83.8 cm³/mol. The molecule has 0 amide bonds. The van der Waals surface area contributed by atoms with Crippen molar-refractivity contribution in [1.82, 2.24) is 0 Å². The van der Waals surface area contributed by atoms with Crippen LogP contribution in [0.1, 0.15) is 37.4 Å². The van der Waals surface area contributed by atoms with Crippen LogP contribution in [0.2, 0.25) is 5.02 Å². The van der Waals surface area contributed by atoms with E-state index in [1.807, 2.05) is 19.1 Å². The van der Waals surface area contributed by atoms with Gasteiger partial charge in [-0.25, -0.2) is 8.78 Å². The third kappa shape index (κ3) is 3.94. The highest BCUT2D eigenvalue weighted by Gasteiger charge is 2.13. The molecule has 0 spiro atoms. The van der Waals surface area contributed by atoms with Gasteiger partial charge in [0.1, 0.15) is 5.82 Å². The summed E-state index contributed by atoms with van der Waals surface area (Å²) in [6.45, 7) is 4.05. The number of rotatable bonds is 5. The van der Waals surface area contributed by atoms with Crippen LogP contribution in [0.15, 0.2) is 36.4 Å². The molecule has 1 nitrogen and oxygen atoms in total. The molecule has 0 aliphatic rings. The zero-order valence-corrected chi connectivity index (χ0v) is 12.8. The zero-order valence-electron chi connectivity index (χ0n) is 12.1. The molecule has 0 radical (unpaired) electrons. The molecule has 1 unspecified atom stereocenters. The van der Waals surface area contributed by atoms with Gasteiger partial charge < -0.3 is 5.32 Å². The van der Waals surface area contributed by atoms with E-state index in [2.05, 4.69) is 24.4 Å². The second-order valence-corrected chi connectivity index (χ2v) is 5.51. The molecule has 1 atom stereocenters. The highest BCUT2D eigenvalue weighted by atomic mass is 35.5. The number of halogens is 3. The molecule has 0 saturated carbocycles. The molecule has 0 aromatic heterocycles. The molecule has 0 heterocycles. The van der Waals surface area contributed by atoms with E-state index in [-0.39, 0.29) is 16.8 Å². The Bertz CT molecular complexity index is 588. The largest absolute Gasteiger partial charge is 0.375 e. The molecule has 0 fully saturated rings. The normalized spacial score (nSPS) is 12.2. The van der Waals surface area contributed by atoms with Crippen LogP contribution >= 0.6 is 11.6 Å². The van der Waals surface area contributed by atoms with Gasteiger partial charge in [-0.15, -0.1) is 0 Å². The van der Waals surface area contributed by atoms with Crippen LogP contribution in [0.5, 0.6) is 0 Å². The quantitative estimate of drug-likeness (QED) is 0.742. The van der Waals surface area contributed by atoms with Gasteiger partial charge >= 0.3 is 0 Å². The zero-order chi connectivity index (χ0) is 15.4. The Hall–Kier alpha value is -1.61. The Morgan fingerprint density at radius 3 is 2.38 bits per heavy atom. The summed E-state index contributed by atoms with van der Waals surface area (Å²) >= 11 is 5.89. The molecule has 112 valence electrons. The number of nitrogens with one attached hydrogen (secondary N) is 1. The fraction of sp³-hybridized carbons (Fsp3) is 0.294. The molecular formula is C17H18ClF2N. The highest BCUT2D eigenvalue weighted by molar-refractivity contribution is 6.33. The molecule has 0 bridgehead atoms. The van der Waals surface area contributed by atoms with Crippen LogP contribution in [0.25, 0.3) is 0 Å². The summed E-state index contributed by atoms with van der Waals surface area (Å²) in [4.78, 5) is 0. The number of anilines is 1. The van der Waals surface area contributed by atoms with Crippen LogP contribution in [0.3, 0.4) is 0 Å². The second-order valence-electron chi connectivity index (χ2n) is 5.10. The lowest BCUT2D eigenvalue weighted by Crippen LogP contribution is -2.09. The van der Waals surface area contributed by atoms with Gasteiger partial charge in [0, 0.05) is 12.1 Å². The second kappa shape index (κ2) is 6.90. The molecular weight excluding hydrogens is 292 g/mol. The number of hydrogen-bond donors (Lipinski definition) is 1. The highest BCUT2D eigenvalue weighted by Crippen LogP contribution is 2.30. The van der Waals surface area contributed by atoms with E-state index in [1.54, 1.807) is 0 Å². The van der Waals surface area contributed by atoms with Gasteiger partial charge in [-0.05, 0) is 30.5 Å². The van der Waals surface area contributed by atoms with Crippen molar-refractivity contribution in [3.8, 4) is 0 Å². The maximum atomic E-state index is 13.8. The fourth-order valence-electron chi connectivity index (χ4n) is 2.24. The van der Waals surface area contributed by atoms with Gasteiger partial charge in [0.2, 0.25) is 0 Å². The molecule has 1 N–H and O–H groups in total. The number of benzene rings is 2. The minimum atomic E-state index is -0.686. The van der Waals surface area contributed by atoms with Crippen molar-refractivity contribution in [2.45, 2.75) is 32.7 Å². The van der Waals surface area contributed by atoms with Crippen molar-refractivity contribution in [1.29, 1.82) is 0 Å². The first-order valence-corrected chi connectivity index (χ1v) is 7.39. The van der Waals surface area contributed by atoms with Crippen molar-refractivity contribution in [2.75, 3.05) is 5.32 Å². The smallest absolute Gasteiger partial charge is 0.150 e. The van der Waals surface area contributed by atoms with E-state index in [0.29, 0.717) is 0 Å². The van der Waals surface area contributed by atoms with Crippen molar-refractivity contribution >= 4 is 17.3 Å². The van der Waals surface area contributed by atoms with Crippen LogP contribution in [0, 0.1) is 11.6 Å². The van der Waals surface area contributed by atoms with E-state index in [9.17, 15) is 8.78 Å². The summed E-state index contributed by atoms with van der Waals surface area (Å²) in [6, 6.07) is 9.96. The van der Waals surface area contributed by atoms with Crippen molar-refractivity contribution < 1.29 is 8.78 Å². The standard InChI is InChI=1S/C17H18ClF2N/c1-3-4-12-5-7-13(8-6-12)11(2)21-17-15(18)9-14(19)10-16(17)20/h5-11,21H,3-4H2,1-2H3. The molecule has 2 rings (SSSR count). The summed E-state index contributed by atoms with van der Waals surface area (Å²) in [7, 11) is 0. The van der Waals surface area contributed by atoms with Gasteiger partial charge in [-0.1, -0.05) is 49.2 Å². The predicted octanol–water partition coefficient (Wildman–Crippen LogP) is 5.74. The van der Waals surface area contributed by atoms with Gasteiger partial charge in [-0.2, -0.15) is 0 Å². The third-order valence-corrected chi connectivity index (χ3v) is 3.68. The lowest BCUT2D eigenvalue weighted by molar-refractivity contribution is 0.584. The van der Waals surface area contributed by atoms with Crippen molar-refractivity contribution in [2.24, 2.45) is 0 Å². The molecule has 4 heteroatoms. The Labute approximate surface area is 128 Å². The van der Waals surface area contributed by atoms with Gasteiger partial charge in [0.15, 0.2) is 5.82 Å². The first-order valence-electron chi connectivity index (χ1n) is 7.01. The molecule has 0 saturated heterocycles. The average Bonchev–Trinajstić information content (AvgIpc) is 2.43. The number of hydrogen-bond acceptors (Lipinski definition) is 1. The summed E-state index contributed by atoms with van der Waals surface area (Å²) in [6.07, 6.45) is 2.14. The summed E-state index contributed by atoms with van der Waals surface area (Å²) in [5, 5.41) is 3.04. The Morgan fingerprint density at radius 1 is 1.14 bits per heavy atom. The minimum Gasteiger partial charge on any atom is -0.375 e. The van der Waals surface area contributed by atoms with E-state index in [4.69, 9.17) is 11.6 Å². The molecule has 2 aromatic rings. The molecule has 0 aliphatic carbocycles.